The first-order valence-electron chi connectivity index (χ1n) is 5.62. The Morgan fingerprint density at radius 3 is 2.55 bits per heavy atom. The number of carboxylic acids is 1. The third kappa shape index (κ3) is 4.00. The maximum absolute atomic E-state index is 12.1. The average Bonchev–Trinajstić information content (AvgIpc) is 2.25. The lowest BCUT2D eigenvalue weighted by Crippen LogP contribution is -2.34. The van der Waals surface area contributed by atoms with Crippen molar-refractivity contribution >= 4 is 21.7 Å². The molecule has 9 heteroatoms. The zero-order valence-corrected chi connectivity index (χ0v) is 11.7. The number of rotatable bonds is 6. The average molecular weight is 302 g/mol. The highest BCUT2D eigenvalue weighted by atomic mass is 32.2. The standard InChI is InChI=1S/C11H14N2O6S/c1-7-5-9(13(16)17)3-4-10(7)20(18,19)12-8(2)6-11(14)15/h3-5,8,12H,6H2,1-2H3,(H,14,15). The van der Waals surface area contributed by atoms with Gasteiger partial charge in [0.25, 0.3) is 5.69 Å². The van der Waals surface area contributed by atoms with Gasteiger partial charge in [0.15, 0.2) is 0 Å². The minimum atomic E-state index is -3.91. The van der Waals surface area contributed by atoms with Crippen LogP contribution in [-0.4, -0.2) is 30.5 Å². The molecule has 0 saturated heterocycles. The molecule has 0 aliphatic carbocycles. The highest BCUT2D eigenvalue weighted by molar-refractivity contribution is 7.89. The molecule has 1 aromatic rings. The summed E-state index contributed by atoms with van der Waals surface area (Å²) in [6.07, 6.45) is -0.356. The van der Waals surface area contributed by atoms with Gasteiger partial charge in [-0.25, -0.2) is 13.1 Å². The fraction of sp³-hybridized carbons (Fsp3) is 0.364. The minimum Gasteiger partial charge on any atom is -0.481 e. The molecule has 0 aliphatic heterocycles. The van der Waals surface area contributed by atoms with E-state index in [1.165, 1.54) is 13.8 Å². The normalized spacial score (nSPS) is 12.9. The molecule has 0 amide bonds. The number of nitro groups is 1. The monoisotopic (exact) mass is 302 g/mol. The molecule has 1 unspecified atom stereocenters. The number of nitro benzene ring substituents is 1. The van der Waals surface area contributed by atoms with E-state index in [9.17, 15) is 23.3 Å². The smallest absolute Gasteiger partial charge is 0.304 e. The Kier molecular flexibility index (Phi) is 4.79. The van der Waals surface area contributed by atoms with Gasteiger partial charge < -0.3 is 5.11 Å². The Morgan fingerprint density at radius 1 is 1.50 bits per heavy atom. The number of aliphatic carboxylic acids is 1. The number of aryl methyl sites for hydroxylation is 1. The largest absolute Gasteiger partial charge is 0.481 e. The molecule has 0 aliphatic rings. The molecule has 1 aromatic carbocycles. The lowest BCUT2D eigenvalue weighted by Gasteiger charge is -2.13. The van der Waals surface area contributed by atoms with Crippen LogP contribution in [0.25, 0.3) is 0 Å². The molecule has 0 spiro atoms. The number of nitrogens with one attached hydrogen (secondary N) is 1. The van der Waals surface area contributed by atoms with Crippen LogP contribution in [0.2, 0.25) is 0 Å². The van der Waals surface area contributed by atoms with Crippen LogP contribution in [0.5, 0.6) is 0 Å². The van der Waals surface area contributed by atoms with Crippen molar-refractivity contribution in [2.45, 2.75) is 31.2 Å². The van der Waals surface area contributed by atoms with E-state index in [-0.39, 0.29) is 22.6 Å². The topological polar surface area (TPSA) is 127 Å². The molecule has 1 rings (SSSR count). The number of non-ortho nitro benzene ring substituents is 1. The number of hydrogen-bond acceptors (Lipinski definition) is 5. The van der Waals surface area contributed by atoms with E-state index in [2.05, 4.69) is 4.72 Å². The van der Waals surface area contributed by atoms with Crippen LogP contribution >= 0.6 is 0 Å². The molecule has 110 valence electrons. The Morgan fingerprint density at radius 2 is 2.10 bits per heavy atom. The third-order valence-electron chi connectivity index (χ3n) is 2.50. The Hall–Kier alpha value is -2.00. The number of carboxylic acid groups (broad SMARTS) is 1. The lowest BCUT2D eigenvalue weighted by molar-refractivity contribution is -0.385. The quantitative estimate of drug-likeness (QED) is 0.597. The van der Waals surface area contributed by atoms with Gasteiger partial charge in [0.1, 0.15) is 0 Å². The number of benzene rings is 1. The molecule has 20 heavy (non-hydrogen) atoms. The molecule has 8 nitrogen and oxygen atoms in total. The molecular formula is C11H14N2O6S. The summed E-state index contributed by atoms with van der Waals surface area (Å²) in [6, 6.07) is 2.58. The molecule has 0 radical (unpaired) electrons. The van der Waals surface area contributed by atoms with E-state index in [0.717, 1.165) is 18.2 Å². The second-order valence-corrected chi connectivity index (χ2v) is 6.01. The van der Waals surface area contributed by atoms with E-state index in [4.69, 9.17) is 5.11 Å². The van der Waals surface area contributed by atoms with Crippen LogP contribution in [0.4, 0.5) is 5.69 Å². The van der Waals surface area contributed by atoms with Gasteiger partial charge in [-0.2, -0.15) is 0 Å². The predicted octanol–water partition coefficient (Wildman–Crippen LogP) is 1.04. The predicted molar refractivity (Wildman–Crippen MR) is 69.9 cm³/mol. The Labute approximate surface area is 115 Å². The Balaban J connectivity index is 3.04. The molecular weight excluding hydrogens is 288 g/mol. The van der Waals surface area contributed by atoms with Crippen molar-refractivity contribution < 1.29 is 23.2 Å². The zero-order valence-electron chi connectivity index (χ0n) is 10.9. The van der Waals surface area contributed by atoms with Crippen molar-refractivity contribution in [2.24, 2.45) is 0 Å². The summed E-state index contributed by atoms with van der Waals surface area (Å²) < 4.78 is 26.3. The first-order chi connectivity index (χ1) is 9.13. The summed E-state index contributed by atoms with van der Waals surface area (Å²) in [5.41, 5.74) is 0.00857. The SMILES string of the molecule is Cc1cc([N+](=O)[O-])ccc1S(=O)(=O)NC(C)CC(=O)O. The van der Waals surface area contributed by atoms with Crippen LogP contribution in [0.3, 0.4) is 0 Å². The Bertz CT molecular complexity index is 640. The molecule has 0 fully saturated rings. The summed E-state index contributed by atoms with van der Waals surface area (Å²) in [4.78, 5) is 20.4. The lowest BCUT2D eigenvalue weighted by atomic mass is 10.2. The van der Waals surface area contributed by atoms with Crippen LogP contribution in [0.1, 0.15) is 18.9 Å². The minimum absolute atomic E-state index is 0.111. The molecule has 0 bridgehead atoms. The second-order valence-electron chi connectivity index (χ2n) is 4.33. The van der Waals surface area contributed by atoms with Crippen LogP contribution < -0.4 is 4.72 Å². The number of hydrogen-bond donors (Lipinski definition) is 2. The van der Waals surface area contributed by atoms with E-state index < -0.39 is 27.0 Å². The fourth-order valence-corrected chi connectivity index (χ4v) is 3.15. The van der Waals surface area contributed by atoms with Crippen molar-refractivity contribution in [3.05, 3.63) is 33.9 Å². The molecule has 0 saturated carbocycles. The summed E-state index contributed by atoms with van der Waals surface area (Å²) in [5, 5.41) is 19.2. The summed E-state index contributed by atoms with van der Waals surface area (Å²) in [7, 11) is -3.91. The van der Waals surface area contributed by atoms with E-state index in [1.54, 1.807) is 0 Å². The van der Waals surface area contributed by atoms with Crippen molar-refractivity contribution in [2.75, 3.05) is 0 Å². The van der Waals surface area contributed by atoms with Gasteiger partial charge in [0, 0.05) is 18.2 Å². The first-order valence-corrected chi connectivity index (χ1v) is 7.11. The van der Waals surface area contributed by atoms with Gasteiger partial charge in [0.05, 0.1) is 16.2 Å². The summed E-state index contributed by atoms with van der Waals surface area (Å²) in [6.45, 7) is 2.86. The first kappa shape index (κ1) is 16.1. The highest BCUT2D eigenvalue weighted by Crippen LogP contribution is 2.21. The number of carbonyl (C=O) groups is 1. The second kappa shape index (κ2) is 5.97. The summed E-state index contributed by atoms with van der Waals surface area (Å²) in [5.74, 6) is -1.12. The van der Waals surface area contributed by atoms with Gasteiger partial charge >= 0.3 is 5.97 Å². The molecule has 2 N–H and O–H groups in total. The van der Waals surface area contributed by atoms with Crippen LogP contribution in [0.15, 0.2) is 23.1 Å². The highest BCUT2D eigenvalue weighted by Gasteiger charge is 2.22. The van der Waals surface area contributed by atoms with Gasteiger partial charge in [-0.05, 0) is 25.5 Å². The molecule has 0 heterocycles. The summed E-state index contributed by atoms with van der Waals surface area (Å²) >= 11 is 0. The maximum atomic E-state index is 12.1. The molecule has 0 aromatic heterocycles. The van der Waals surface area contributed by atoms with E-state index in [1.807, 2.05) is 0 Å². The van der Waals surface area contributed by atoms with Crippen molar-refractivity contribution in [1.29, 1.82) is 0 Å². The number of sulfonamides is 1. The zero-order chi connectivity index (χ0) is 15.5. The van der Waals surface area contributed by atoms with E-state index >= 15 is 0 Å². The molecule has 1 atom stereocenters. The maximum Gasteiger partial charge on any atom is 0.304 e. The van der Waals surface area contributed by atoms with Crippen LogP contribution in [0, 0.1) is 17.0 Å². The third-order valence-corrected chi connectivity index (χ3v) is 4.25. The fourth-order valence-electron chi connectivity index (χ4n) is 1.68. The van der Waals surface area contributed by atoms with Gasteiger partial charge in [0.2, 0.25) is 10.0 Å². The van der Waals surface area contributed by atoms with Crippen LogP contribution in [-0.2, 0) is 14.8 Å². The van der Waals surface area contributed by atoms with Gasteiger partial charge in [-0.3, -0.25) is 14.9 Å². The van der Waals surface area contributed by atoms with Crippen molar-refractivity contribution in [3.8, 4) is 0 Å². The van der Waals surface area contributed by atoms with Crippen molar-refractivity contribution in [3.63, 3.8) is 0 Å². The van der Waals surface area contributed by atoms with Crippen molar-refractivity contribution in [1.82, 2.24) is 4.72 Å². The van der Waals surface area contributed by atoms with Gasteiger partial charge in [-0.15, -0.1) is 0 Å². The van der Waals surface area contributed by atoms with Gasteiger partial charge in [-0.1, -0.05) is 0 Å². The number of nitrogens with zero attached hydrogens (tertiary/aromatic N) is 1. The van der Waals surface area contributed by atoms with E-state index in [0.29, 0.717) is 0 Å².